The topological polar surface area (TPSA) is 24.5 Å². The van der Waals surface area contributed by atoms with Crippen LogP contribution in [0.25, 0.3) is 0 Å². The molecule has 0 aliphatic rings. The van der Waals surface area contributed by atoms with Gasteiger partial charge in [0.15, 0.2) is 5.11 Å². The smallest absolute Gasteiger partial charge is 0.173 e. The monoisotopic (exact) mass is 396 g/mol. The van der Waals surface area contributed by atoms with E-state index in [-0.39, 0.29) is 6.04 Å². The van der Waals surface area contributed by atoms with Crippen LogP contribution >= 0.6 is 23.6 Å². The van der Waals surface area contributed by atoms with E-state index in [9.17, 15) is 0 Å². The first-order valence-corrected chi connectivity index (χ1v) is 10.2. The fraction of sp³-hybridized carbons (Fsp3) is 0.227. The average molecular weight is 397 g/mol. The van der Waals surface area contributed by atoms with Crippen LogP contribution in [-0.2, 0) is 13.0 Å². The lowest BCUT2D eigenvalue weighted by Crippen LogP contribution is -2.41. The molecule has 0 saturated heterocycles. The van der Waals surface area contributed by atoms with Crippen molar-refractivity contribution in [2.75, 3.05) is 12.4 Å². The maximum atomic E-state index is 5.79. The highest BCUT2D eigenvalue weighted by atomic mass is 32.1. The molecule has 0 bridgehead atoms. The summed E-state index contributed by atoms with van der Waals surface area (Å²) in [6.07, 6.45) is 0.963. The lowest BCUT2D eigenvalue weighted by atomic mass is 10.1. The molecule has 0 aliphatic carbocycles. The highest BCUT2D eigenvalue weighted by Crippen LogP contribution is 2.20. The predicted octanol–water partition coefficient (Wildman–Crippen LogP) is 5.59. The normalized spacial score (nSPS) is 11.6. The number of anilines is 1. The van der Waals surface area contributed by atoms with Crippen molar-refractivity contribution in [2.45, 2.75) is 25.9 Å². The largest absolute Gasteiger partial charge is 0.497 e. The molecule has 0 spiro atoms. The van der Waals surface area contributed by atoms with Crippen LogP contribution in [0.1, 0.15) is 17.4 Å². The van der Waals surface area contributed by atoms with Crippen LogP contribution in [0.2, 0.25) is 0 Å². The van der Waals surface area contributed by atoms with Gasteiger partial charge in [-0.3, -0.25) is 0 Å². The summed E-state index contributed by atoms with van der Waals surface area (Å²) >= 11 is 7.57. The molecular formula is C22H24N2OS2. The van der Waals surface area contributed by atoms with E-state index in [0.717, 1.165) is 29.5 Å². The molecule has 3 nitrogen and oxygen atoms in total. The van der Waals surface area contributed by atoms with Crippen molar-refractivity contribution in [1.29, 1.82) is 0 Å². The number of nitrogens with one attached hydrogen (secondary N) is 1. The first kappa shape index (κ1) is 19.4. The Kier molecular flexibility index (Phi) is 6.85. The molecule has 3 aromatic rings. The lowest BCUT2D eigenvalue weighted by Gasteiger charge is -2.32. The van der Waals surface area contributed by atoms with Crippen LogP contribution in [0.5, 0.6) is 5.75 Å². The Morgan fingerprint density at radius 3 is 2.63 bits per heavy atom. The van der Waals surface area contributed by atoms with Crippen LogP contribution in [0.4, 0.5) is 5.69 Å². The maximum Gasteiger partial charge on any atom is 0.173 e. The van der Waals surface area contributed by atoms with Crippen molar-refractivity contribution < 1.29 is 4.74 Å². The van der Waals surface area contributed by atoms with E-state index >= 15 is 0 Å². The van der Waals surface area contributed by atoms with Crippen LogP contribution in [0.3, 0.4) is 0 Å². The van der Waals surface area contributed by atoms with Gasteiger partial charge in [0, 0.05) is 35.6 Å². The van der Waals surface area contributed by atoms with Gasteiger partial charge in [0.05, 0.1) is 7.11 Å². The summed E-state index contributed by atoms with van der Waals surface area (Å²) in [5, 5.41) is 6.22. The summed E-state index contributed by atoms with van der Waals surface area (Å²) in [6.45, 7) is 2.99. The van der Waals surface area contributed by atoms with Crippen molar-refractivity contribution in [1.82, 2.24) is 4.90 Å². The van der Waals surface area contributed by atoms with Crippen molar-refractivity contribution >= 4 is 34.4 Å². The van der Waals surface area contributed by atoms with Gasteiger partial charge in [-0.25, -0.2) is 0 Å². The Labute approximate surface area is 170 Å². The molecule has 27 heavy (non-hydrogen) atoms. The van der Waals surface area contributed by atoms with Crippen molar-refractivity contribution in [2.24, 2.45) is 0 Å². The van der Waals surface area contributed by atoms with E-state index in [4.69, 9.17) is 17.0 Å². The zero-order valence-electron chi connectivity index (χ0n) is 15.6. The number of thiophene rings is 1. The molecule has 0 aliphatic heterocycles. The molecular weight excluding hydrogens is 372 g/mol. The second-order valence-electron chi connectivity index (χ2n) is 6.41. The number of hydrogen-bond acceptors (Lipinski definition) is 3. The van der Waals surface area contributed by atoms with Gasteiger partial charge < -0.3 is 15.0 Å². The molecule has 1 aromatic heterocycles. The van der Waals surface area contributed by atoms with Crippen LogP contribution in [0.15, 0.2) is 72.1 Å². The second-order valence-corrected chi connectivity index (χ2v) is 7.83. The number of methoxy groups -OCH3 is 1. The molecule has 1 atom stereocenters. The van der Waals surface area contributed by atoms with E-state index in [0.29, 0.717) is 0 Å². The van der Waals surface area contributed by atoms with Gasteiger partial charge in [0.25, 0.3) is 0 Å². The standard InChI is InChI=1S/C22H24N2OS2/c1-17(14-21-12-7-13-27-21)24(16-18-8-4-3-5-9-18)22(26)23-19-10-6-11-20(15-19)25-2/h3-13,15,17H,14,16H2,1-2H3,(H,23,26)/t17-/m0/s1. The van der Waals surface area contributed by atoms with Crippen molar-refractivity contribution in [3.63, 3.8) is 0 Å². The SMILES string of the molecule is COc1cccc(NC(=S)N(Cc2ccccc2)[C@@H](C)Cc2cccs2)c1. The zero-order valence-corrected chi connectivity index (χ0v) is 17.2. The predicted molar refractivity (Wildman–Crippen MR) is 119 cm³/mol. The van der Waals surface area contributed by atoms with Crippen LogP contribution in [-0.4, -0.2) is 23.2 Å². The molecule has 0 unspecified atom stereocenters. The summed E-state index contributed by atoms with van der Waals surface area (Å²) in [5.74, 6) is 0.809. The minimum absolute atomic E-state index is 0.273. The number of nitrogens with zero attached hydrogens (tertiary/aromatic N) is 1. The van der Waals surface area contributed by atoms with Gasteiger partial charge >= 0.3 is 0 Å². The van der Waals surface area contributed by atoms with Crippen molar-refractivity contribution in [3.8, 4) is 5.75 Å². The van der Waals surface area contributed by atoms with E-state index in [1.807, 2.05) is 30.3 Å². The summed E-state index contributed by atoms with van der Waals surface area (Å²) in [4.78, 5) is 3.62. The fourth-order valence-electron chi connectivity index (χ4n) is 2.93. The van der Waals surface area contributed by atoms with E-state index in [1.54, 1.807) is 18.4 Å². The first-order chi connectivity index (χ1) is 13.2. The number of hydrogen-bond donors (Lipinski definition) is 1. The van der Waals surface area contributed by atoms with E-state index in [1.165, 1.54) is 10.4 Å². The summed E-state index contributed by atoms with van der Waals surface area (Å²) in [5.41, 5.74) is 2.17. The van der Waals surface area contributed by atoms with Gasteiger partial charge in [-0.2, -0.15) is 0 Å². The quantitative estimate of drug-likeness (QED) is 0.526. The highest BCUT2D eigenvalue weighted by Gasteiger charge is 2.19. The molecule has 0 radical (unpaired) electrons. The Morgan fingerprint density at radius 1 is 1.11 bits per heavy atom. The Morgan fingerprint density at radius 2 is 1.93 bits per heavy atom. The van der Waals surface area contributed by atoms with Gasteiger partial charge in [-0.05, 0) is 48.3 Å². The first-order valence-electron chi connectivity index (χ1n) is 8.93. The number of rotatable bonds is 7. The molecule has 0 saturated carbocycles. The minimum atomic E-state index is 0.273. The van der Waals surface area contributed by atoms with Gasteiger partial charge in [-0.15, -0.1) is 11.3 Å². The third-order valence-electron chi connectivity index (χ3n) is 4.39. The van der Waals surface area contributed by atoms with E-state index in [2.05, 4.69) is 58.9 Å². The molecule has 1 heterocycles. The average Bonchev–Trinajstić information content (AvgIpc) is 3.20. The summed E-state index contributed by atoms with van der Waals surface area (Å²) in [6, 6.07) is 22.8. The van der Waals surface area contributed by atoms with Crippen LogP contribution < -0.4 is 10.1 Å². The maximum absolute atomic E-state index is 5.79. The molecule has 2 aromatic carbocycles. The molecule has 0 amide bonds. The van der Waals surface area contributed by atoms with Gasteiger partial charge in [0.1, 0.15) is 5.75 Å². The second kappa shape index (κ2) is 9.53. The fourth-order valence-corrected chi connectivity index (χ4v) is 4.12. The highest BCUT2D eigenvalue weighted by molar-refractivity contribution is 7.80. The van der Waals surface area contributed by atoms with Gasteiger partial charge in [-0.1, -0.05) is 42.5 Å². The molecule has 3 rings (SSSR count). The Hall–Kier alpha value is -2.37. The molecule has 1 N–H and O–H groups in total. The van der Waals surface area contributed by atoms with Gasteiger partial charge in [0.2, 0.25) is 0 Å². The number of thiocarbonyl (C=S) groups is 1. The van der Waals surface area contributed by atoms with E-state index < -0.39 is 0 Å². The third kappa shape index (κ3) is 5.55. The van der Waals surface area contributed by atoms with Crippen LogP contribution in [0, 0.1) is 0 Å². The Bertz CT molecular complexity index is 850. The summed E-state index contributed by atoms with van der Waals surface area (Å²) in [7, 11) is 1.67. The van der Waals surface area contributed by atoms with Crippen molar-refractivity contribution in [3.05, 3.63) is 82.6 Å². The third-order valence-corrected chi connectivity index (χ3v) is 5.62. The molecule has 140 valence electrons. The number of ether oxygens (including phenoxy) is 1. The molecule has 5 heteroatoms. The minimum Gasteiger partial charge on any atom is -0.497 e. The molecule has 0 fully saturated rings. The summed E-state index contributed by atoms with van der Waals surface area (Å²) < 4.78 is 5.31. The zero-order chi connectivity index (χ0) is 19.1. The Balaban J connectivity index is 1.77. The number of benzene rings is 2. The lowest BCUT2D eigenvalue weighted by molar-refractivity contribution is 0.326.